The van der Waals surface area contributed by atoms with Crippen LogP contribution >= 0.6 is 0 Å². The molecule has 0 aliphatic carbocycles. The second-order valence-corrected chi connectivity index (χ2v) is 6.82. The maximum absolute atomic E-state index is 12.7. The number of carbonyl (C=O) groups excluding carboxylic acids is 1. The summed E-state index contributed by atoms with van der Waals surface area (Å²) in [6, 6.07) is 3.80. The Hall–Kier alpha value is -3.14. The summed E-state index contributed by atoms with van der Waals surface area (Å²) in [7, 11) is 3.47. The number of nitrogens with zero attached hydrogens (tertiary/aromatic N) is 6. The standard InChI is InChI=1S/C20H29N7O3/c1-4-21-20(23-12-16-6-5-7-22-19(16)30-11-10-29-3)26-8-9-27(18(28)15-26)17-13-24-25(2)14-17/h5-7,13-14H,4,8-12,15H2,1-3H3,(H,21,23). The number of anilines is 1. The monoisotopic (exact) mass is 415 g/mol. The molecular formula is C20H29N7O3. The molecule has 1 amide bonds. The first-order chi connectivity index (χ1) is 14.6. The van der Waals surface area contributed by atoms with Crippen molar-refractivity contribution < 1.29 is 14.3 Å². The van der Waals surface area contributed by atoms with E-state index in [1.807, 2.05) is 37.2 Å². The molecule has 1 fully saturated rings. The molecule has 0 saturated carbocycles. The summed E-state index contributed by atoms with van der Waals surface area (Å²) in [5.41, 5.74) is 1.70. The van der Waals surface area contributed by atoms with Crippen LogP contribution in [0.4, 0.5) is 5.69 Å². The molecule has 3 rings (SSSR count). The highest BCUT2D eigenvalue weighted by Crippen LogP contribution is 2.18. The van der Waals surface area contributed by atoms with Crippen LogP contribution in [-0.2, 0) is 23.1 Å². The number of hydrogen-bond donors (Lipinski definition) is 1. The molecule has 1 saturated heterocycles. The molecule has 3 heterocycles. The topological polar surface area (TPSA) is 97.1 Å². The number of methoxy groups -OCH3 is 1. The van der Waals surface area contributed by atoms with Gasteiger partial charge >= 0.3 is 0 Å². The van der Waals surface area contributed by atoms with Gasteiger partial charge in [-0.3, -0.25) is 9.48 Å². The quantitative estimate of drug-likeness (QED) is 0.384. The minimum Gasteiger partial charge on any atom is -0.475 e. The molecule has 2 aromatic rings. The molecule has 1 aliphatic heterocycles. The third-order valence-electron chi connectivity index (χ3n) is 4.63. The predicted molar refractivity (Wildman–Crippen MR) is 114 cm³/mol. The van der Waals surface area contributed by atoms with Crippen LogP contribution in [0, 0.1) is 0 Å². The van der Waals surface area contributed by atoms with Gasteiger partial charge < -0.3 is 24.6 Å². The fourth-order valence-corrected chi connectivity index (χ4v) is 3.16. The van der Waals surface area contributed by atoms with E-state index in [9.17, 15) is 4.79 Å². The molecule has 0 aromatic carbocycles. The van der Waals surface area contributed by atoms with Crippen LogP contribution < -0.4 is 15.0 Å². The Balaban J connectivity index is 1.67. The number of guanidine groups is 1. The minimum atomic E-state index is 0.0184. The van der Waals surface area contributed by atoms with Gasteiger partial charge in [-0.1, -0.05) is 6.07 Å². The highest BCUT2D eigenvalue weighted by Gasteiger charge is 2.27. The molecule has 10 heteroatoms. The first-order valence-corrected chi connectivity index (χ1v) is 10.00. The minimum absolute atomic E-state index is 0.0184. The van der Waals surface area contributed by atoms with Gasteiger partial charge in [-0.15, -0.1) is 0 Å². The van der Waals surface area contributed by atoms with Crippen LogP contribution in [0.15, 0.2) is 35.7 Å². The summed E-state index contributed by atoms with van der Waals surface area (Å²) in [6.07, 6.45) is 5.25. The number of aromatic nitrogens is 3. The van der Waals surface area contributed by atoms with Gasteiger partial charge in [0, 0.05) is 51.7 Å². The van der Waals surface area contributed by atoms with E-state index in [0.717, 1.165) is 11.3 Å². The Kier molecular flexibility index (Phi) is 7.61. The Labute approximate surface area is 176 Å². The lowest BCUT2D eigenvalue weighted by molar-refractivity contribution is -0.120. The van der Waals surface area contributed by atoms with Crippen molar-refractivity contribution in [2.75, 3.05) is 51.4 Å². The van der Waals surface area contributed by atoms with E-state index in [4.69, 9.17) is 14.5 Å². The average molecular weight is 415 g/mol. The highest BCUT2D eigenvalue weighted by molar-refractivity contribution is 5.98. The summed E-state index contributed by atoms with van der Waals surface area (Å²) >= 11 is 0. The second-order valence-electron chi connectivity index (χ2n) is 6.82. The first kappa shape index (κ1) is 21.6. The fraction of sp³-hybridized carbons (Fsp3) is 0.500. The van der Waals surface area contributed by atoms with Crippen molar-refractivity contribution in [2.24, 2.45) is 12.0 Å². The molecule has 0 radical (unpaired) electrons. The van der Waals surface area contributed by atoms with Crippen molar-refractivity contribution in [1.82, 2.24) is 25.0 Å². The number of pyridine rings is 1. The molecule has 0 bridgehead atoms. The van der Waals surface area contributed by atoms with Crippen molar-refractivity contribution in [3.05, 3.63) is 36.3 Å². The summed E-state index contributed by atoms with van der Waals surface area (Å²) < 4.78 is 12.4. The van der Waals surface area contributed by atoms with Gasteiger partial charge in [0.05, 0.1) is 25.0 Å². The van der Waals surface area contributed by atoms with E-state index in [1.54, 1.807) is 29.1 Å². The lowest BCUT2D eigenvalue weighted by Gasteiger charge is -2.35. The number of carbonyl (C=O) groups is 1. The van der Waals surface area contributed by atoms with Crippen molar-refractivity contribution in [1.29, 1.82) is 0 Å². The van der Waals surface area contributed by atoms with Gasteiger partial charge in [0.15, 0.2) is 5.96 Å². The smallest absolute Gasteiger partial charge is 0.246 e. The van der Waals surface area contributed by atoms with Gasteiger partial charge in [0.1, 0.15) is 13.2 Å². The number of piperazine rings is 1. The molecule has 162 valence electrons. The number of amides is 1. The summed E-state index contributed by atoms with van der Waals surface area (Å²) in [5, 5.41) is 7.44. The van der Waals surface area contributed by atoms with Gasteiger partial charge in [-0.05, 0) is 13.0 Å². The number of aryl methyl sites for hydroxylation is 1. The molecule has 0 spiro atoms. The van der Waals surface area contributed by atoms with Crippen molar-refractivity contribution in [3.8, 4) is 5.88 Å². The van der Waals surface area contributed by atoms with Crippen LogP contribution in [-0.4, -0.2) is 78.0 Å². The molecule has 0 unspecified atom stereocenters. The van der Waals surface area contributed by atoms with Crippen molar-refractivity contribution in [3.63, 3.8) is 0 Å². The SMILES string of the molecule is CCNC(=NCc1cccnc1OCCOC)N1CCN(c2cnn(C)c2)C(=O)C1. The first-order valence-electron chi connectivity index (χ1n) is 10.00. The van der Waals surface area contributed by atoms with Gasteiger partial charge in [0.25, 0.3) is 0 Å². The lowest BCUT2D eigenvalue weighted by atomic mass is 10.2. The number of aliphatic imine (C=N–C) groups is 1. The average Bonchev–Trinajstić information content (AvgIpc) is 3.18. The van der Waals surface area contributed by atoms with Crippen LogP contribution in [0.3, 0.4) is 0 Å². The lowest BCUT2D eigenvalue weighted by Crippen LogP contribution is -2.55. The van der Waals surface area contributed by atoms with Crippen molar-refractivity contribution in [2.45, 2.75) is 13.5 Å². The van der Waals surface area contributed by atoms with E-state index in [0.29, 0.717) is 51.2 Å². The molecule has 1 aliphatic rings. The van der Waals surface area contributed by atoms with Crippen LogP contribution in [0.25, 0.3) is 0 Å². The van der Waals surface area contributed by atoms with Gasteiger partial charge in [-0.25, -0.2) is 9.98 Å². The Morgan fingerprint density at radius 2 is 2.20 bits per heavy atom. The number of ether oxygens (including phenoxy) is 2. The van der Waals surface area contributed by atoms with E-state index in [1.165, 1.54) is 0 Å². The Morgan fingerprint density at radius 3 is 2.90 bits per heavy atom. The number of rotatable bonds is 8. The molecule has 0 atom stereocenters. The molecule has 10 nitrogen and oxygen atoms in total. The largest absolute Gasteiger partial charge is 0.475 e. The van der Waals surface area contributed by atoms with E-state index < -0.39 is 0 Å². The molecule has 30 heavy (non-hydrogen) atoms. The Morgan fingerprint density at radius 1 is 1.33 bits per heavy atom. The van der Waals surface area contributed by atoms with Crippen molar-refractivity contribution >= 4 is 17.6 Å². The fourth-order valence-electron chi connectivity index (χ4n) is 3.16. The molecular weight excluding hydrogens is 386 g/mol. The zero-order chi connectivity index (χ0) is 21.3. The third-order valence-corrected chi connectivity index (χ3v) is 4.63. The van der Waals surface area contributed by atoms with Crippen LogP contribution in [0.2, 0.25) is 0 Å². The predicted octanol–water partition coefficient (Wildman–Crippen LogP) is 0.655. The van der Waals surface area contributed by atoms with E-state index >= 15 is 0 Å². The normalized spacial score (nSPS) is 14.9. The van der Waals surface area contributed by atoms with Crippen LogP contribution in [0.1, 0.15) is 12.5 Å². The number of nitrogens with one attached hydrogen (secondary N) is 1. The van der Waals surface area contributed by atoms with Gasteiger partial charge in [-0.2, -0.15) is 5.10 Å². The summed E-state index contributed by atoms with van der Waals surface area (Å²) in [6.45, 7) is 5.54. The zero-order valence-corrected chi connectivity index (χ0v) is 17.7. The number of hydrogen-bond acceptors (Lipinski definition) is 6. The van der Waals surface area contributed by atoms with Gasteiger partial charge in [0.2, 0.25) is 11.8 Å². The van der Waals surface area contributed by atoms with E-state index in [-0.39, 0.29) is 12.5 Å². The van der Waals surface area contributed by atoms with Crippen LogP contribution in [0.5, 0.6) is 5.88 Å². The molecule has 1 N–H and O–H groups in total. The maximum Gasteiger partial charge on any atom is 0.246 e. The summed E-state index contributed by atoms with van der Waals surface area (Å²) in [4.78, 5) is 25.5. The highest BCUT2D eigenvalue weighted by atomic mass is 16.5. The summed E-state index contributed by atoms with van der Waals surface area (Å²) in [5.74, 6) is 1.26. The third kappa shape index (κ3) is 5.47. The second kappa shape index (κ2) is 10.6. The Bertz CT molecular complexity index is 868. The maximum atomic E-state index is 12.7. The van der Waals surface area contributed by atoms with E-state index in [2.05, 4.69) is 15.4 Å². The molecule has 2 aromatic heterocycles. The zero-order valence-electron chi connectivity index (χ0n) is 17.7.